The number of methoxy groups -OCH3 is 1. The number of benzene rings is 1. The maximum absolute atomic E-state index is 14.1. The Kier molecular flexibility index (Phi) is 7.31. The number of hydrogen-bond donors (Lipinski definition) is 3. The fourth-order valence-electron chi connectivity index (χ4n) is 5.82. The second-order valence-corrected chi connectivity index (χ2v) is 10.1. The first-order valence-corrected chi connectivity index (χ1v) is 12.9. The summed E-state index contributed by atoms with van der Waals surface area (Å²) >= 11 is 0. The smallest absolute Gasteiger partial charge is 0.248 e. The predicted molar refractivity (Wildman–Crippen MR) is 141 cm³/mol. The van der Waals surface area contributed by atoms with Gasteiger partial charge in [-0.15, -0.1) is 0 Å². The molecule has 11 heteroatoms. The number of ether oxygens (including phenoxy) is 1. The van der Waals surface area contributed by atoms with E-state index in [-0.39, 0.29) is 35.6 Å². The zero-order chi connectivity index (χ0) is 27.0. The summed E-state index contributed by atoms with van der Waals surface area (Å²) in [4.78, 5) is 43.1. The normalized spacial score (nSPS) is 23.3. The number of anilines is 1. The van der Waals surface area contributed by atoms with E-state index in [1.807, 2.05) is 11.1 Å². The molecule has 3 aromatic rings. The first-order valence-electron chi connectivity index (χ1n) is 12.9. The molecular formula is C27H34FN7O3. The molecule has 0 radical (unpaired) electrons. The van der Waals surface area contributed by atoms with Crippen molar-refractivity contribution in [2.75, 3.05) is 32.1 Å². The minimum absolute atomic E-state index is 0.0119. The summed E-state index contributed by atoms with van der Waals surface area (Å²) in [7, 11) is 3.23. The third-order valence-electron chi connectivity index (χ3n) is 8.02. The summed E-state index contributed by atoms with van der Waals surface area (Å²) in [5, 5.41) is 6.73. The van der Waals surface area contributed by atoms with Crippen LogP contribution in [0, 0.1) is 5.82 Å². The van der Waals surface area contributed by atoms with Crippen molar-refractivity contribution in [1.82, 2.24) is 30.5 Å². The number of fused-ring (bicyclic) bond motifs is 2. The molecule has 10 nitrogen and oxygen atoms in total. The third-order valence-corrected chi connectivity index (χ3v) is 8.02. The van der Waals surface area contributed by atoms with Gasteiger partial charge in [0.25, 0.3) is 0 Å². The summed E-state index contributed by atoms with van der Waals surface area (Å²) in [5.74, 6) is -0.236. The summed E-state index contributed by atoms with van der Waals surface area (Å²) in [6, 6.07) is 4.98. The molecule has 0 unspecified atom stereocenters. The molecule has 5 rings (SSSR count). The summed E-state index contributed by atoms with van der Waals surface area (Å²) < 4.78 is 19.4. The molecule has 0 bridgehead atoms. The monoisotopic (exact) mass is 523 g/mol. The molecule has 6 atom stereocenters. The Hall–Kier alpha value is -3.57. The lowest BCUT2D eigenvalue weighted by atomic mass is 9.91. The molecule has 4 heterocycles. The van der Waals surface area contributed by atoms with Crippen molar-refractivity contribution >= 4 is 28.7 Å². The number of likely N-dealkylation sites (tertiary alicyclic amines) is 1. The van der Waals surface area contributed by atoms with E-state index in [9.17, 15) is 14.0 Å². The van der Waals surface area contributed by atoms with Crippen LogP contribution in [0.5, 0.6) is 0 Å². The Balaban J connectivity index is 1.52. The molecule has 3 N–H and O–H groups in total. The first kappa shape index (κ1) is 26.1. The van der Waals surface area contributed by atoms with Crippen LogP contribution in [0.25, 0.3) is 10.9 Å². The van der Waals surface area contributed by atoms with Crippen LogP contribution in [-0.4, -0.2) is 89.2 Å². The van der Waals surface area contributed by atoms with Crippen molar-refractivity contribution in [1.29, 1.82) is 0 Å². The van der Waals surface area contributed by atoms with E-state index in [2.05, 4.69) is 30.5 Å². The standard InChI is InChI=1S/C27H34FN7O3/c1-15(29-3)25(36)33-23(16(2)38-4)26(37)34-11-8-22-24(34)20(14-35(22)27-30-9-5-10-31-27)19-13-32-21-12-17(28)6-7-18(19)21/h5-7,9-10,12-13,15-16,20,22-24,29,32H,8,11,14H2,1-4H3,(H,33,36)/t15-,16+,20+,22+,23-,24+/m0/s1. The Labute approximate surface area is 221 Å². The molecule has 0 saturated carbocycles. The topological polar surface area (TPSA) is 115 Å². The van der Waals surface area contributed by atoms with E-state index in [1.54, 1.807) is 45.4 Å². The van der Waals surface area contributed by atoms with Gasteiger partial charge < -0.3 is 30.2 Å². The molecule has 1 aromatic carbocycles. The van der Waals surface area contributed by atoms with Gasteiger partial charge >= 0.3 is 0 Å². The quantitative estimate of drug-likeness (QED) is 0.412. The van der Waals surface area contributed by atoms with Crippen molar-refractivity contribution < 1.29 is 18.7 Å². The molecule has 0 spiro atoms. The van der Waals surface area contributed by atoms with Crippen LogP contribution >= 0.6 is 0 Å². The number of carbonyl (C=O) groups is 2. The van der Waals surface area contributed by atoms with Gasteiger partial charge in [-0.25, -0.2) is 14.4 Å². The number of nitrogens with zero attached hydrogens (tertiary/aromatic N) is 4. The SMILES string of the molecule is CN[C@@H](C)C(=O)N[C@H](C(=O)N1CC[C@@H]2[C@H]1[C@@H](c1c[nH]c3cc(F)ccc13)CN2c1ncccn1)[C@@H](C)OC. The van der Waals surface area contributed by atoms with Crippen molar-refractivity contribution in [3.63, 3.8) is 0 Å². The van der Waals surface area contributed by atoms with Crippen LogP contribution in [0.15, 0.2) is 42.9 Å². The average molecular weight is 524 g/mol. The Morgan fingerprint density at radius 3 is 2.71 bits per heavy atom. The average Bonchev–Trinajstić information content (AvgIpc) is 3.64. The van der Waals surface area contributed by atoms with Crippen LogP contribution < -0.4 is 15.5 Å². The van der Waals surface area contributed by atoms with Gasteiger partial charge in [0, 0.05) is 55.6 Å². The highest BCUT2D eigenvalue weighted by atomic mass is 19.1. The Morgan fingerprint density at radius 1 is 1.24 bits per heavy atom. The number of aromatic nitrogens is 3. The lowest BCUT2D eigenvalue weighted by molar-refractivity contribution is -0.141. The maximum atomic E-state index is 14.1. The first-order chi connectivity index (χ1) is 18.3. The Bertz CT molecular complexity index is 1300. The Morgan fingerprint density at radius 2 is 2.00 bits per heavy atom. The van der Waals surface area contributed by atoms with Crippen LogP contribution in [0.1, 0.15) is 31.7 Å². The number of H-pyrrole nitrogens is 1. The molecule has 2 aliphatic rings. The molecule has 2 fully saturated rings. The number of amides is 2. The van der Waals surface area contributed by atoms with E-state index >= 15 is 0 Å². The molecule has 38 heavy (non-hydrogen) atoms. The fraction of sp³-hybridized carbons (Fsp3) is 0.481. The lowest BCUT2D eigenvalue weighted by Gasteiger charge is -2.34. The molecule has 2 amide bonds. The summed E-state index contributed by atoms with van der Waals surface area (Å²) in [6.07, 6.45) is 5.54. The van der Waals surface area contributed by atoms with Gasteiger partial charge in [-0.05, 0) is 57.1 Å². The number of halogens is 1. The molecular weight excluding hydrogens is 489 g/mol. The lowest BCUT2D eigenvalue weighted by Crippen LogP contribution is -2.58. The van der Waals surface area contributed by atoms with Crippen LogP contribution in [0.2, 0.25) is 0 Å². The van der Waals surface area contributed by atoms with Gasteiger partial charge in [0.05, 0.1) is 24.2 Å². The number of rotatable bonds is 8. The predicted octanol–water partition coefficient (Wildman–Crippen LogP) is 1.80. The van der Waals surface area contributed by atoms with Crippen molar-refractivity contribution in [2.24, 2.45) is 0 Å². The second kappa shape index (κ2) is 10.7. The minimum atomic E-state index is -0.846. The molecule has 0 aliphatic carbocycles. The van der Waals surface area contributed by atoms with Crippen LogP contribution in [-0.2, 0) is 14.3 Å². The number of likely N-dealkylation sites (N-methyl/N-ethyl adjacent to an activating group) is 1. The van der Waals surface area contributed by atoms with E-state index in [4.69, 9.17) is 4.74 Å². The third kappa shape index (κ3) is 4.60. The van der Waals surface area contributed by atoms with Gasteiger partial charge in [0.1, 0.15) is 11.9 Å². The van der Waals surface area contributed by atoms with E-state index < -0.39 is 18.2 Å². The summed E-state index contributed by atoms with van der Waals surface area (Å²) in [6.45, 7) is 4.65. The largest absolute Gasteiger partial charge is 0.379 e. The van der Waals surface area contributed by atoms with Gasteiger partial charge in [0.2, 0.25) is 17.8 Å². The number of carbonyl (C=O) groups excluding carboxylic acids is 2. The number of aromatic amines is 1. The zero-order valence-corrected chi connectivity index (χ0v) is 22.0. The second-order valence-electron chi connectivity index (χ2n) is 10.1. The highest BCUT2D eigenvalue weighted by Gasteiger charge is 2.53. The van der Waals surface area contributed by atoms with Gasteiger partial charge in [-0.1, -0.05) is 0 Å². The van der Waals surface area contributed by atoms with E-state index in [0.29, 0.717) is 24.6 Å². The van der Waals surface area contributed by atoms with E-state index in [0.717, 1.165) is 17.4 Å². The van der Waals surface area contributed by atoms with Gasteiger partial charge in [-0.3, -0.25) is 9.59 Å². The van der Waals surface area contributed by atoms with Gasteiger partial charge in [-0.2, -0.15) is 0 Å². The van der Waals surface area contributed by atoms with Crippen LogP contribution in [0.4, 0.5) is 10.3 Å². The molecule has 2 aromatic heterocycles. The number of hydrogen-bond acceptors (Lipinski definition) is 7. The van der Waals surface area contributed by atoms with E-state index in [1.165, 1.54) is 19.2 Å². The van der Waals surface area contributed by atoms with Crippen LogP contribution in [0.3, 0.4) is 0 Å². The number of nitrogens with one attached hydrogen (secondary N) is 3. The maximum Gasteiger partial charge on any atom is 0.248 e. The summed E-state index contributed by atoms with van der Waals surface area (Å²) in [5.41, 5.74) is 1.72. The molecule has 202 valence electrons. The van der Waals surface area contributed by atoms with Crippen molar-refractivity contribution in [3.05, 3.63) is 54.2 Å². The minimum Gasteiger partial charge on any atom is -0.379 e. The van der Waals surface area contributed by atoms with Gasteiger partial charge in [0.15, 0.2) is 0 Å². The molecule has 2 aliphatic heterocycles. The van der Waals surface area contributed by atoms with Crippen molar-refractivity contribution in [2.45, 2.75) is 56.5 Å². The molecule has 2 saturated heterocycles. The van der Waals surface area contributed by atoms with Crippen molar-refractivity contribution in [3.8, 4) is 0 Å². The fourth-order valence-corrected chi connectivity index (χ4v) is 5.82. The zero-order valence-electron chi connectivity index (χ0n) is 22.0. The highest BCUT2D eigenvalue weighted by molar-refractivity contribution is 5.91. The highest BCUT2D eigenvalue weighted by Crippen LogP contribution is 2.44.